The molecule has 0 aliphatic carbocycles. The second kappa shape index (κ2) is 18.4. The van der Waals surface area contributed by atoms with Crippen LogP contribution in [0.4, 0.5) is 0 Å². The van der Waals surface area contributed by atoms with Crippen LogP contribution in [0.5, 0.6) is 0 Å². The van der Waals surface area contributed by atoms with E-state index in [1.54, 1.807) is 0 Å². The maximum Gasteiger partial charge on any atom is 1.00 e. The monoisotopic (exact) mass is 198 g/mol. The van der Waals surface area contributed by atoms with Gasteiger partial charge in [0, 0.05) is 0 Å². The summed E-state index contributed by atoms with van der Waals surface area (Å²) in [4.78, 5) is 1.97. The van der Waals surface area contributed by atoms with Crippen LogP contribution in [-0.4, -0.2) is 10.4 Å². The Morgan fingerprint density at radius 1 is 1.25 bits per heavy atom. The number of hydrogen-bond acceptors (Lipinski definition) is 1. The van der Waals surface area contributed by atoms with Crippen LogP contribution in [-0.2, 0) is 0 Å². The quantitative estimate of drug-likeness (QED) is 0.248. The Morgan fingerprint density at radius 2 is 1.25 bits per heavy atom. The van der Waals surface area contributed by atoms with E-state index in [4.69, 9.17) is 0 Å². The van der Waals surface area contributed by atoms with E-state index in [0.717, 1.165) is 0 Å². The molecule has 0 unspecified atom stereocenters. The Labute approximate surface area is 82.4 Å². The van der Waals surface area contributed by atoms with E-state index in [1.165, 1.54) is 0 Å². The first-order chi connectivity index (χ1) is 1.00. The first-order valence-electron chi connectivity index (χ1n) is 0.378. The molecule has 0 bridgehead atoms. The van der Waals surface area contributed by atoms with E-state index >= 15 is 0 Å². The molecule has 0 spiro atoms. The molecule has 0 heterocycles. The molecular formula is CH4IKO. The van der Waals surface area contributed by atoms with Crippen LogP contribution >= 0.6 is 22.6 Å². The molecule has 4 heavy (non-hydrogen) atoms. The van der Waals surface area contributed by atoms with Gasteiger partial charge >= 0.3 is 51.4 Å². The van der Waals surface area contributed by atoms with Gasteiger partial charge in [0.25, 0.3) is 0 Å². The molecule has 1 nitrogen and oxygen atoms in total. The van der Waals surface area contributed by atoms with Gasteiger partial charge in [0.1, 0.15) is 0 Å². The fourth-order valence-corrected chi connectivity index (χ4v) is 0. The van der Waals surface area contributed by atoms with Crippen molar-refractivity contribution in [2.45, 2.75) is 0 Å². The minimum absolute atomic E-state index is 0. The summed E-state index contributed by atoms with van der Waals surface area (Å²) in [5.41, 5.74) is 0. The van der Waals surface area contributed by atoms with E-state index in [9.17, 15) is 0 Å². The summed E-state index contributed by atoms with van der Waals surface area (Å²) in [5.74, 6) is 0. The maximum absolute atomic E-state index is 2.15. The Kier molecular flexibility index (Phi) is 74.7. The molecule has 0 amide bonds. The maximum atomic E-state index is 2.15. The molecule has 0 atom stereocenters. The second-order valence-corrected chi connectivity index (χ2v) is 0. The molecule has 0 saturated heterocycles. The Bertz CT molecular complexity index is 8.00. The van der Waals surface area contributed by atoms with Gasteiger partial charge in [-0.25, -0.2) is 0 Å². The van der Waals surface area contributed by atoms with Gasteiger partial charge in [-0.3, -0.25) is 0 Å². The van der Waals surface area contributed by atoms with Gasteiger partial charge in [-0.15, -0.1) is 0 Å². The predicted molar refractivity (Wildman–Crippen MR) is 21.9 cm³/mol. The topological polar surface area (TPSA) is 30.0 Å². The second-order valence-electron chi connectivity index (χ2n) is 0. The van der Waals surface area contributed by atoms with E-state index < -0.39 is 0 Å². The fourth-order valence-electron chi connectivity index (χ4n) is 0. The third-order valence-corrected chi connectivity index (χ3v) is 0. The van der Waals surface area contributed by atoms with Gasteiger partial charge in [-0.05, 0) is 4.93 Å². The van der Waals surface area contributed by atoms with Gasteiger partial charge in [0.15, 0.2) is 0 Å². The largest absolute Gasteiger partial charge is 1.00 e. The van der Waals surface area contributed by atoms with E-state index in [-0.39, 0.29) is 56.9 Å². The van der Waals surface area contributed by atoms with Gasteiger partial charge in [-0.2, -0.15) is 0 Å². The van der Waals surface area contributed by atoms with Crippen molar-refractivity contribution in [2.75, 3.05) is 4.93 Å². The average molecular weight is 198 g/mol. The molecule has 0 aliphatic heterocycles. The summed E-state index contributed by atoms with van der Waals surface area (Å²) in [6.07, 6.45) is 0. The third kappa shape index (κ3) is 8.85. The summed E-state index contributed by atoms with van der Waals surface area (Å²) in [5, 5.41) is 0. The Hall–Kier alpha value is 2.33. The van der Waals surface area contributed by atoms with Gasteiger partial charge in [-0.1, -0.05) is 22.6 Å². The smallest absolute Gasteiger partial charge is 0.870 e. The van der Waals surface area contributed by atoms with E-state index in [1.807, 2.05) is 4.93 Å². The van der Waals surface area contributed by atoms with Crippen molar-refractivity contribution in [1.29, 1.82) is 0 Å². The van der Waals surface area contributed by atoms with Gasteiger partial charge < -0.3 is 5.48 Å². The molecular weight excluding hydrogens is 194 g/mol. The zero-order chi connectivity index (χ0) is 2.00. The molecule has 0 aliphatic rings. The normalized spacial score (nSPS) is 1.50. The molecule has 0 fully saturated rings. The average Bonchev–Trinajstić information content (AvgIpc) is 1.00. The number of halogens is 1. The molecule has 0 aromatic rings. The predicted octanol–water partition coefficient (Wildman–Crippen LogP) is -2.12. The number of hydrogen-bond donors (Lipinski definition) is 0. The van der Waals surface area contributed by atoms with E-state index in [2.05, 4.69) is 22.6 Å². The zero-order valence-corrected chi connectivity index (χ0v) is 8.11. The van der Waals surface area contributed by atoms with E-state index in [0.29, 0.717) is 0 Å². The summed E-state index contributed by atoms with van der Waals surface area (Å²) < 4.78 is 0. The molecule has 1 N–H and O–H groups in total. The van der Waals surface area contributed by atoms with Crippen LogP contribution in [0.1, 0.15) is 0 Å². The Balaban J connectivity index is -0.00000000500. The molecule has 0 saturated carbocycles. The molecule has 22 valence electrons. The standard InChI is InChI=1S/CH3I.K.H2O/c1-2;;/h1H3;;1H2/q;+1;/p-1. The minimum atomic E-state index is 0. The van der Waals surface area contributed by atoms with Crippen molar-refractivity contribution < 1.29 is 56.9 Å². The zero-order valence-electron chi connectivity index (χ0n) is 2.83. The van der Waals surface area contributed by atoms with Crippen molar-refractivity contribution in [3.05, 3.63) is 0 Å². The van der Waals surface area contributed by atoms with Crippen molar-refractivity contribution in [3.63, 3.8) is 0 Å². The number of rotatable bonds is 0. The SMILES string of the molecule is CI.[K+].[OH-]. The van der Waals surface area contributed by atoms with Crippen LogP contribution in [0.2, 0.25) is 0 Å². The molecule has 0 aromatic carbocycles. The molecule has 0 radical (unpaired) electrons. The van der Waals surface area contributed by atoms with Gasteiger partial charge in [0.2, 0.25) is 0 Å². The van der Waals surface area contributed by atoms with Crippen LogP contribution in [0, 0.1) is 0 Å². The minimum Gasteiger partial charge on any atom is -0.870 e. The van der Waals surface area contributed by atoms with Crippen LogP contribution in [0.25, 0.3) is 0 Å². The van der Waals surface area contributed by atoms with Crippen molar-refractivity contribution in [1.82, 2.24) is 0 Å². The molecule has 0 aromatic heterocycles. The number of alkyl halides is 1. The first-order valence-corrected chi connectivity index (χ1v) is 2.54. The summed E-state index contributed by atoms with van der Waals surface area (Å²) in [7, 11) is 0. The van der Waals surface area contributed by atoms with Crippen molar-refractivity contribution >= 4 is 22.6 Å². The van der Waals surface area contributed by atoms with Crippen molar-refractivity contribution in [2.24, 2.45) is 0 Å². The summed E-state index contributed by atoms with van der Waals surface area (Å²) in [6, 6.07) is 0. The van der Waals surface area contributed by atoms with Crippen molar-refractivity contribution in [3.8, 4) is 0 Å². The van der Waals surface area contributed by atoms with Crippen LogP contribution < -0.4 is 51.4 Å². The van der Waals surface area contributed by atoms with Crippen LogP contribution in [0.3, 0.4) is 0 Å². The fraction of sp³-hybridized carbons (Fsp3) is 1.00. The third-order valence-electron chi connectivity index (χ3n) is 0. The molecule has 0 rings (SSSR count). The van der Waals surface area contributed by atoms with Crippen LogP contribution in [0.15, 0.2) is 0 Å². The summed E-state index contributed by atoms with van der Waals surface area (Å²) >= 11 is 2.15. The Morgan fingerprint density at radius 3 is 1.25 bits per heavy atom. The summed E-state index contributed by atoms with van der Waals surface area (Å²) in [6.45, 7) is 0. The first kappa shape index (κ1) is 16.2. The molecule has 3 heteroatoms. The van der Waals surface area contributed by atoms with Gasteiger partial charge in [0.05, 0.1) is 0 Å².